The monoisotopic (exact) mass is 382 g/mol. The summed E-state index contributed by atoms with van der Waals surface area (Å²) in [6.45, 7) is 9.76. The van der Waals surface area contributed by atoms with Crippen molar-refractivity contribution in [1.82, 2.24) is 0 Å². The predicted molar refractivity (Wildman–Crippen MR) is 96.7 cm³/mol. The molecule has 0 bridgehead atoms. The van der Waals surface area contributed by atoms with E-state index in [1.807, 2.05) is 65.0 Å². The van der Waals surface area contributed by atoms with Gasteiger partial charge in [-0.25, -0.2) is 0 Å². The van der Waals surface area contributed by atoms with Gasteiger partial charge in [-0.2, -0.15) is 0 Å². The van der Waals surface area contributed by atoms with Gasteiger partial charge >= 0.3 is 0 Å². The fourth-order valence-electron chi connectivity index (χ4n) is 4.06. The molecule has 3 aliphatic rings. The molecule has 26 heavy (non-hydrogen) atoms. The molecule has 7 heteroatoms. The summed E-state index contributed by atoms with van der Waals surface area (Å²) in [6.07, 6.45) is -1.57. The minimum atomic E-state index is -3.17. The van der Waals surface area contributed by atoms with Gasteiger partial charge in [-0.05, 0) is 39.8 Å². The smallest absolute Gasteiger partial charge is 0.237 e. The Labute approximate surface area is 154 Å². The van der Waals surface area contributed by atoms with E-state index in [-0.39, 0.29) is 24.0 Å². The molecule has 6 nitrogen and oxygen atoms in total. The van der Waals surface area contributed by atoms with Crippen LogP contribution in [0.1, 0.15) is 34.6 Å². The number of benzene rings is 1. The minimum Gasteiger partial charge on any atom is -0.348 e. The highest BCUT2D eigenvalue weighted by Gasteiger charge is 2.61. The summed E-state index contributed by atoms with van der Waals surface area (Å²) in [6, 6.07) is 9.36. The molecule has 0 spiro atoms. The summed E-state index contributed by atoms with van der Waals surface area (Å²) in [5.41, 5.74) is -0.316. The number of fused-ring (bicyclic) bond motifs is 1. The van der Waals surface area contributed by atoms with Crippen LogP contribution >= 0.6 is 7.37 Å². The average Bonchev–Trinajstić information content (AvgIpc) is 3.10. The van der Waals surface area contributed by atoms with Gasteiger partial charge in [-0.1, -0.05) is 25.1 Å². The Morgan fingerprint density at radius 3 is 2.19 bits per heavy atom. The van der Waals surface area contributed by atoms with Gasteiger partial charge in [0.2, 0.25) is 7.37 Å². The number of hydrogen-bond acceptors (Lipinski definition) is 6. The largest absolute Gasteiger partial charge is 0.348 e. The molecule has 6 atom stereocenters. The predicted octanol–water partition coefficient (Wildman–Crippen LogP) is 3.05. The van der Waals surface area contributed by atoms with Crippen LogP contribution < -0.4 is 5.30 Å². The fourth-order valence-corrected chi connectivity index (χ4v) is 6.67. The molecule has 144 valence electrons. The molecule has 3 aliphatic heterocycles. The van der Waals surface area contributed by atoms with Crippen LogP contribution in [0.5, 0.6) is 0 Å². The maximum Gasteiger partial charge on any atom is 0.237 e. The second kappa shape index (κ2) is 6.13. The molecule has 3 fully saturated rings. The van der Waals surface area contributed by atoms with E-state index in [2.05, 4.69) is 0 Å². The van der Waals surface area contributed by atoms with Crippen LogP contribution in [0.15, 0.2) is 30.3 Å². The molecule has 0 aromatic heterocycles. The Bertz CT molecular complexity index is 718. The number of rotatable bonds is 2. The highest BCUT2D eigenvalue weighted by atomic mass is 31.2. The highest BCUT2D eigenvalue weighted by Crippen LogP contribution is 2.60. The van der Waals surface area contributed by atoms with E-state index in [0.717, 1.165) is 0 Å². The Morgan fingerprint density at radius 2 is 1.58 bits per heavy atom. The Kier molecular flexibility index (Phi) is 4.39. The quantitative estimate of drug-likeness (QED) is 0.733. The van der Waals surface area contributed by atoms with Crippen LogP contribution in [0.4, 0.5) is 0 Å². The SMILES string of the molecule is C[C@H]1[C@H]2OC(C)(C)O[C@H]2[C@@H]([C@H]2COC(C)(C)O2)OP1(=O)c1ccccc1. The van der Waals surface area contributed by atoms with Crippen LogP contribution in [-0.2, 0) is 28.0 Å². The first-order valence-corrected chi connectivity index (χ1v) is 10.8. The third kappa shape index (κ3) is 3.07. The van der Waals surface area contributed by atoms with Gasteiger partial charge in [-0.3, -0.25) is 4.57 Å². The fraction of sp³-hybridized carbons (Fsp3) is 0.684. The zero-order valence-electron chi connectivity index (χ0n) is 15.9. The third-order valence-electron chi connectivity index (χ3n) is 5.29. The topological polar surface area (TPSA) is 63.2 Å². The maximum atomic E-state index is 14.0. The lowest BCUT2D eigenvalue weighted by Crippen LogP contribution is -2.54. The maximum absolute atomic E-state index is 14.0. The van der Waals surface area contributed by atoms with E-state index in [1.165, 1.54) is 0 Å². The second-order valence-corrected chi connectivity index (χ2v) is 10.9. The molecule has 4 rings (SSSR count). The van der Waals surface area contributed by atoms with Crippen LogP contribution in [0.25, 0.3) is 0 Å². The Hall–Kier alpha value is -0.750. The van der Waals surface area contributed by atoms with E-state index in [4.69, 9.17) is 23.5 Å². The summed E-state index contributed by atoms with van der Waals surface area (Å²) < 4.78 is 44.3. The normalized spacial score (nSPS) is 44.0. The van der Waals surface area contributed by atoms with E-state index in [0.29, 0.717) is 11.9 Å². The summed E-state index contributed by atoms with van der Waals surface area (Å²) in [5, 5.41) is 0.697. The zero-order chi connectivity index (χ0) is 18.7. The van der Waals surface area contributed by atoms with Gasteiger partial charge in [0, 0.05) is 5.30 Å². The third-order valence-corrected chi connectivity index (χ3v) is 8.23. The first-order valence-electron chi connectivity index (χ1n) is 9.12. The van der Waals surface area contributed by atoms with Crippen molar-refractivity contribution in [2.24, 2.45) is 0 Å². The number of ether oxygens (including phenoxy) is 4. The van der Waals surface area contributed by atoms with Gasteiger partial charge in [0.1, 0.15) is 24.4 Å². The Balaban J connectivity index is 1.72. The van der Waals surface area contributed by atoms with Gasteiger partial charge in [-0.15, -0.1) is 0 Å². The van der Waals surface area contributed by atoms with Crippen molar-refractivity contribution in [2.75, 3.05) is 6.61 Å². The molecular formula is C19H27O6P. The second-order valence-electron chi connectivity index (χ2n) is 8.18. The average molecular weight is 382 g/mol. The molecule has 1 aromatic rings. The van der Waals surface area contributed by atoms with Crippen molar-refractivity contribution < 1.29 is 28.0 Å². The lowest BCUT2D eigenvalue weighted by Gasteiger charge is -2.42. The molecule has 1 aromatic carbocycles. The van der Waals surface area contributed by atoms with Crippen molar-refractivity contribution in [1.29, 1.82) is 0 Å². The van der Waals surface area contributed by atoms with Gasteiger partial charge in [0.25, 0.3) is 0 Å². The molecular weight excluding hydrogens is 355 g/mol. The molecule has 1 unspecified atom stereocenters. The van der Waals surface area contributed by atoms with Crippen LogP contribution in [0.3, 0.4) is 0 Å². The summed E-state index contributed by atoms with van der Waals surface area (Å²) in [7, 11) is -3.17. The molecule has 0 saturated carbocycles. The van der Waals surface area contributed by atoms with E-state index >= 15 is 0 Å². The summed E-state index contributed by atoms with van der Waals surface area (Å²) in [5.74, 6) is -1.45. The summed E-state index contributed by atoms with van der Waals surface area (Å²) in [4.78, 5) is 0. The lowest BCUT2D eigenvalue weighted by atomic mass is 10.0. The first kappa shape index (κ1) is 18.6. The Morgan fingerprint density at radius 1 is 0.923 bits per heavy atom. The van der Waals surface area contributed by atoms with Crippen molar-refractivity contribution in [3.05, 3.63) is 30.3 Å². The first-order chi connectivity index (χ1) is 12.1. The van der Waals surface area contributed by atoms with Crippen LogP contribution in [0, 0.1) is 0 Å². The standard InChI is InChI=1S/C19H27O6P/c1-12-15-17(24-19(4,5)23-15)16(14-11-21-18(2,3)22-14)25-26(12,20)13-9-7-6-8-10-13/h6-10,12,14-17H,11H2,1-5H3/t12-,14+,15+,16+,17+,26?/m0/s1. The molecule has 0 radical (unpaired) electrons. The molecule has 3 heterocycles. The van der Waals surface area contributed by atoms with Crippen molar-refractivity contribution in [2.45, 2.75) is 76.3 Å². The van der Waals surface area contributed by atoms with Crippen molar-refractivity contribution in [3.8, 4) is 0 Å². The zero-order valence-corrected chi connectivity index (χ0v) is 16.8. The van der Waals surface area contributed by atoms with Crippen LogP contribution in [-0.4, -0.2) is 48.3 Å². The molecule has 0 aliphatic carbocycles. The van der Waals surface area contributed by atoms with Gasteiger partial charge in [0.05, 0.1) is 12.3 Å². The lowest BCUT2D eigenvalue weighted by molar-refractivity contribution is -0.174. The van der Waals surface area contributed by atoms with Crippen molar-refractivity contribution >= 4 is 12.7 Å². The molecule has 0 N–H and O–H groups in total. The van der Waals surface area contributed by atoms with E-state index in [9.17, 15) is 4.57 Å². The number of hydrogen-bond donors (Lipinski definition) is 0. The van der Waals surface area contributed by atoms with Crippen molar-refractivity contribution in [3.63, 3.8) is 0 Å². The van der Waals surface area contributed by atoms with E-state index in [1.54, 1.807) is 0 Å². The van der Waals surface area contributed by atoms with Gasteiger partial charge < -0.3 is 23.5 Å². The highest BCUT2D eigenvalue weighted by molar-refractivity contribution is 7.67. The van der Waals surface area contributed by atoms with Crippen LogP contribution in [0.2, 0.25) is 0 Å². The van der Waals surface area contributed by atoms with E-state index < -0.39 is 25.0 Å². The van der Waals surface area contributed by atoms with Gasteiger partial charge in [0.15, 0.2) is 11.6 Å². The molecule has 0 amide bonds. The minimum absolute atomic E-state index is 0.316. The summed E-state index contributed by atoms with van der Waals surface area (Å²) >= 11 is 0. The molecule has 3 saturated heterocycles.